The number of nitrogens with one attached hydrogen (secondary N) is 1. The van der Waals surface area contributed by atoms with Gasteiger partial charge in [0.05, 0.1) is 19.0 Å². The number of halogens is 1. The number of aromatic nitrogens is 1. The van der Waals surface area contributed by atoms with Gasteiger partial charge in [-0.1, -0.05) is 34.1 Å². The predicted octanol–water partition coefficient (Wildman–Crippen LogP) is 4.99. The summed E-state index contributed by atoms with van der Waals surface area (Å²) in [6.07, 6.45) is 2.38. The first-order valence-electron chi connectivity index (χ1n) is 8.20. The molecular formula is C20H19BrN2O3. The number of aryl methyl sites for hydroxylation is 2. The number of carbonyl (C=O) groups excluding carboxylic acids is 1. The summed E-state index contributed by atoms with van der Waals surface area (Å²) < 4.78 is 12.0. The maximum atomic E-state index is 12.2. The first kappa shape index (κ1) is 18.2. The van der Waals surface area contributed by atoms with E-state index in [0.29, 0.717) is 29.5 Å². The standard InChI is InChI=1S/C20H19BrN2O3/c1-13-3-8-17(25-2)16(11-13)23-19(24)9-10-20-22-12-18(26-20)14-4-6-15(21)7-5-14/h3-8,11-12H,9-10H2,1-2H3,(H,23,24). The lowest BCUT2D eigenvalue weighted by Crippen LogP contribution is -2.13. The largest absolute Gasteiger partial charge is 0.495 e. The van der Waals surface area contributed by atoms with E-state index < -0.39 is 0 Å². The van der Waals surface area contributed by atoms with Gasteiger partial charge in [-0.15, -0.1) is 0 Å². The van der Waals surface area contributed by atoms with E-state index in [4.69, 9.17) is 9.15 Å². The lowest BCUT2D eigenvalue weighted by Gasteiger charge is -2.10. The summed E-state index contributed by atoms with van der Waals surface area (Å²) in [4.78, 5) is 16.5. The molecule has 26 heavy (non-hydrogen) atoms. The Hall–Kier alpha value is -2.60. The molecule has 0 aliphatic rings. The molecule has 0 saturated heterocycles. The minimum absolute atomic E-state index is 0.114. The molecule has 1 aromatic heterocycles. The van der Waals surface area contributed by atoms with Crippen molar-refractivity contribution >= 4 is 27.5 Å². The van der Waals surface area contributed by atoms with Crippen molar-refractivity contribution in [2.24, 2.45) is 0 Å². The van der Waals surface area contributed by atoms with Gasteiger partial charge >= 0.3 is 0 Å². The second kappa shape index (κ2) is 8.19. The van der Waals surface area contributed by atoms with Crippen LogP contribution in [-0.4, -0.2) is 18.0 Å². The fourth-order valence-corrected chi connectivity index (χ4v) is 2.79. The fourth-order valence-electron chi connectivity index (χ4n) is 2.53. The molecule has 1 heterocycles. The zero-order chi connectivity index (χ0) is 18.5. The van der Waals surface area contributed by atoms with Gasteiger partial charge in [0.2, 0.25) is 5.91 Å². The number of carbonyl (C=O) groups is 1. The van der Waals surface area contributed by atoms with E-state index in [-0.39, 0.29) is 12.3 Å². The monoisotopic (exact) mass is 414 g/mol. The highest BCUT2D eigenvalue weighted by Crippen LogP contribution is 2.26. The second-order valence-electron chi connectivity index (χ2n) is 5.88. The van der Waals surface area contributed by atoms with Crippen LogP contribution in [0.25, 0.3) is 11.3 Å². The fraction of sp³-hybridized carbons (Fsp3) is 0.200. The molecule has 0 spiro atoms. The van der Waals surface area contributed by atoms with Gasteiger partial charge in [0, 0.05) is 22.9 Å². The number of anilines is 1. The Morgan fingerprint density at radius 2 is 2.00 bits per heavy atom. The molecule has 2 aromatic carbocycles. The molecule has 0 atom stereocenters. The van der Waals surface area contributed by atoms with Gasteiger partial charge in [0.15, 0.2) is 11.7 Å². The Morgan fingerprint density at radius 3 is 2.73 bits per heavy atom. The number of hydrogen-bond donors (Lipinski definition) is 1. The van der Waals surface area contributed by atoms with Crippen molar-refractivity contribution in [3.63, 3.8) is 0 Å². The number of methoxy groups -OCH3 is 1. The van der Waals surface area contributed by atoms with Gasteiger partial charge in [-0.3, -0.25) is 4.79 Å². The van der Waals surface area contributed by atoms with Gasteiger partial charge in [0.25, 0.3) is 0 Å². The minimum Gasteiger partial charge on any atom is -0.495 e. The number of benzene rings is 2. The van der Waals surface area contributed by atoms with Crippen LogP contribution in [0.1, 0.15) is 17.9 Å². The summed E-state index contributed by atoms with van der Waals surface area (Å²) in [6.45, 7) is 1.96. The molecule has 0 saturated carbocycles. The molecule has 5 nitrogen and oxygen atoms in total. The van der Waals surface area contributed by atoms with Crippen LogP contribution in [0.4, 0.5) is 5.69 Å². The van der Waals surface area contributed by atoms with E-state index in [1.54, 1.807) is 13.3 Å². The van der Waals surface area contributed by atoms with Crippen molar-refractivity contribution in [3.8, 4) is 17.1 Å². The topological polar surface area (TPSA) is 64.4 Å². The van der Waals surface area contributed by atoms with Gasteiger partial charge in [-0.05, 0) is 36.8 Å². The number of nitrogens with zero attached hydrogens (tertiary/aromatic N) is 1. The maximum Gasteiger partial charge on any atom is 0.224 e. The van der Waals surface area contributed by atoms with Crippen LogP contribution in [0.5, 0.6) is 5.75 Å². The third-order valence-corrected chi connectivity index (χ3v) is 4.41. The highest BCUT2D eigenvalue weighted by atomic mass is 79.9. The molecular weight excluding hydrogens is 396 g/mol. The predicted molar refractivity (Wildman–Crippen MR) is 104 cm³/mol. The summed E-state index contributed by atoms with van der Waals surface area (Å²) >= 11 is 3.41. The minimum atomic E-state index is -0.114. The molecule has 0 radical (unpaired) electrons. The highest BCUT2D eigenvalue weighted by molar-refractivity contribution is 9.10. The van der Waals surface area contributed by atoms with Gasteiger partial charge < -0.3 is 14.5 Å². The highest BCUT2D eigenvalue weighted by Gasteiger charge is 2.11. The normalized spacial score (nSPS) is 10.6. The average molecular weight is 415 g/mol. The Kier molecular flexibility index (Phi) is 5.73. The zero-order valence-electron chi connectivity index (χ0n) is 14.6. The lowest BCUT2D eigenvalue weighted by molar-refractivity contribution is -0.116. The number of hydrogen-bond acceptors (Lipinski definition) is 4. The smallest absolute Gasteiger partial charge is 0.224 e. The number of ether oxygens (including phenoxy) is 1. The quantitative estimate of drug-likeness (QED) is 0.616. The Balaban J connectivity index is 1.60. The molecule has 1 amide bonds. The van der Waals surface area contributed by atoms with Gasteiger partial charge in [-0.2, -0.15) is 0 Å². The first-order valence-corrected chi connectivity index (χ1v) is 8.99. The van der Waals surface area contributed by atoms with Crippen molar-refractivity contribution in [2.75, 3.05) is 12.4 Å². The first-order chi connectivity index (χ1) is 12.5. The van der Waals surface area contributed by atoms with E-state index in [0.717, 1.165) is 15.6 Å². The molecule has 134 valence electrons. The Bertz CT molecular complexity index is 904. The summed E-state index contributed by atoms with van der Waals surface area (Å²) in [6, 6.07) is 13.4. The van der Waals surface area contributed by atoms with Crippen LogP contribution >= 0.6 is 15.9 Å². The van der Waals surface area contributed by atoms with Crippen molar-refractivity contribution in [2.45, 2.75) is 19.8 Å². The van der Waals surface area contributed by atoms with Crippen molar-refractivity contribution in [1.82, 2.24) is 4.98 Å². The summed E-state index contributed by atoms with van der Waals surface area (Å²) in [5.74, 6) is 1.75. The van der Waals surface area contributed by atoms with Crippen molar-refractivity contribution < 1.29 is 13.9 Å². The molecule has 3 rings (SSSR count). The van der Waals surface area contributed by atoms with Gasteiger partial charge in [0.1, 0.15) is 5.75 Å². The van der Waals surface area contributed by atoms with Crippen LogP contribution in [0.15, 0.2) is 57.6 Å². The molecule has 3 aromatic rings. The third-order valence-electron chi connectivity index (χ3n) is 3.88. The van der Waals surface area contributed by atoms with E-state index in [9.17, 15) is 4.79 Å². The van der Waals surface area contributed by atoms with Crippen LogP contribution in [0.3, 0.4) is 0 Å². The van der Waals surface area contributed by atoms with Crippen molar-refractivity contribution in [3.05, 3.63) is 64.6 Å². The number of oxazole rings is 1. The molecule has 1 N–H and O–H groups in total. The molecule has 0 aliphatic heterocycles. The van der Waals surface area contributed by atoms with E-state index >= 15 is 0 Å². The van der Waals surface area contributed by atoms with E-state index in [1.165, 1.54) is 0 Å². The molecule has 0 bridgehead atoms. The van der Waals surface area contributed by atoms with Crippen LogP contribution in [0, 0.1) is 6.92 Å². The molecule has 6 heteroatoms. The van der Waals surface area contributed by atoms with E-state index in [2.05, 4.69) is 26.2 Å². The van der Waals surface area contributed by atoms with E-state index in [1.807, 2.05) is 49.4 Å². The summed E-state index contributed by atoms with van der Waals surface area (Å²) in [5, 5.41) is 2.88. The second-order valence-corrected chi connectivity index (χ2v) is 6.79. The molecule has 0 unspecified atom stereocenters. The number of amides is 1. The van der Waals surface area contributed by atoms with Crippen LogP contribution in [-0.2, 0) is 11.2 Å². The Labute approximate surface area is 160 Å². The van der Waals surface area contributed by atoms with Crippen molar-refractivity contribution in [1.29, 1.82) is 0 Å². The third kappa shape index (κ3) is 4.52. The Morgan fingerprint density at radius 1 is 1.23 bits per heavy atom. The zero-order valence-corrected chi connectivity index (χ0v) is 16.2. The maximum absolute atomic E-state index is 12.2. The SMILES string of the molecule is COc1ccc(C)cc1NC(=O)CCc1ncc(-c2ccc(Br)cc2)o1. The van der Waals surface area contributed by atoms with Gasteiger partial charge in [-0.25, -0.2) is 4.98 Å². The lowest BCUT2D eigenvalue weighted by atomic mass is 10.2. The average Bonchev–Trinajstić information content (AvgIpc) is 3.10. The van der Waals surface area contributed by atoms with Crippen LogP contribution < -0.4 is 10.1 Å². The molecule has 0 fully saturated rings. The molecule has 0 aliphatic carbocycles. The van der Waals surface area contributed by atoms with Crippen LogP contribution in [0.2, 0.25) is 0 Å². The number of rotatable bonds is 6. The summed E-state index contributed by atoms with van der Waals surface area (Å²) in [5.41, 5.74) is 2.66. The summed E-state index contributed by atoms with van der Waals surface area (Å²) in [7, 11) is 1.58.